The molecule has 0 saturated carbocycles. The first-order valence-electron chi connectivity index (χ1n) is 6.50. The molecule has 1 aromatic rings. The molecular weight excluding hydrogens is 310 g/mol. The number of rotatable bonds is 6. The van der Waals surface area contributed by atoms with Gasteiger partial charge >= 0.3 is 11.9 Å². The molecule has 0 amide bonds. The van der Waals surface area contributed by atoms with E-state index < -0.39 is 23.6 Å². The summed E-state index contributed by atoms with van der Waals surface area (Å²) < 4.78 is 9.41. The number of methoxy groups -OCH3 is 1. The number of Topliss-reactive ketones (excluding diaryl/α,β-unsaturated/α-hetero) is 1. The normalized spacial score (nSPS) is 12.0. The van der Waals surface area contributed by atoms with Crippen molar-refractivity contribution in [1.82, 2.24) is 0 Å². The predicted octanol–water partition coefficient (Wildman–Crippen LogP) is 2.60. The number of esters is 2. The van der Waals surface area contributed by atoms with Gasteiger partial charge in [-0.3, -0.25) is 14.6 Å². The average molecular weight is 326 g/mol. The van der Waals surface area contributed by atoms with Crippen molar-refractivity contribution in [2.75, 3.05) is 13.7 Å². The minimum absolute atomic E-state index is 0.0803. The molecule has 0 bridgehead atoms. The summed E-state index contributed by atoms with van der Waals surface area (Å²) in [5.74, 6) is -2.80. The number of aliphatic imine (C=N–C) groups is 1. The van der Waals surface area contributed by atoms with Crippen LogP contribution in [-0.4, -0.2) is 37.7 Å². The third-order valence-corrected chi connectivity index (χ3v) is 3.12. The Morgan fingerprint density at radius 2 is 2.05 bits per heavy atom. The van der Waals surface area contributed by atoms with Gasteiger partial charge in [0.25, 0.3) is 0 Å². The van der Waals surface area contributed by atoms with Crippen LogP contribution in [0.5, 0.6) is 0 Å². The zero-order valence-corrected chi connectivity index (χ0v) is 13.2. The summed E-state index contributed by atoms with van der Waals surface area (Å²) in [6, 6.07) is 4.60. The number of hydrogen-bond donors (Lipinski definition) is 0. The molecule has 6 nitrogen and oxygen atoms in total. The minimum Gasteiger partial charge on any atom is -0.465 e. The van der Waals surface area contributed by atoms with Gasteiger partial charge in [0.05, 0.1) is 30.0 Å². The van der Waals surface area contributed by atoms with Crippen molar-refractivity contribution in [3.8, 4) is 0 Å². The van der Waals surface area contributed by atoms with Gasteiger partial charge in [0.2, 0.25) is 0 Å². The number of benzene rings is 1. The molecule has 0 aromatic heterocycles. The summed E-state index contributed by atoms with van der Waals surface area (Å²) in [6.45, 7) is 3.07. The van der Waals surface area contributed by atoms with Crippen LogP contribution in [0.15, 0.2) is 23.2 Å². The Morgan fingerprint density at radius 1 is 1.36 bits per heavy atom. The minimum atomic E-state index is -1.11. The fourth-order valence-electron chi connectivity index (χ4n) is 1.61. The Labute approximate surface area is 133 Å². The van der Waals surface area contributed by atoms with Gasteiger partial charge in [-0.05, 0) is 26.0 Å². The number of carbonyl (C=O) groups excluding carboxylic acids is 3. The van der Waals surface area contributed by atoms with Crippen LogP contribution < -0.4 is 0 Å². The summed E-state index contributed by atoms with van der Waals surface area (Å²) in [5, 5.41) is 0.0803. The van der Waals surface area contributed by atoms with E-state index in [0.29, 0.717) is 0 Å². The van der Waals surface area contributed by atoms with Gasteiger partial charge in [-0.15, -0.1) is 0 Å². The summed E-state index contributed by atoms with van der Waals surface area (Å²) >= 11 is 6.07. The third-order valence-electron chi connectivity index (χ3n) is 2.72. The molecule has 0 aliphatic heterocycles. The maximum Gasteiger partial charge on any atom is 0.339 e. The van der Waals surface area contributed by atoms with Gasteiger partial charge in [0.1, 0.15) is 5.78 Å². The maximum absolute atomic E-state index is 11.7. The molecule has 7 heteroatoms. The highest BCUT2D eigenvalue weighted by Crippen LogP contribution is 2.28. The molecule has 0 saturated heterocycles. The van der Waals surface area contributed by atoms with E-state index in [1.54, 1.807) is 19.1 Å². The molecule has 0 N–H and O–H groups in total. The SMILES string of the molecule is CCOC(=O)C(C=Nc1cccc(C(=O)OC)c1Cl)C(C)=O. The van der Waals surface area contributed by atoms with Crippen LogP contribution >= 0.6 is 11.6 Å². The average Bonchev–Trinajstić information content (AvgIpc) is 2.48. The number of hydrogen-bond acceptors (Lipinski definition) is 6. The van der Waals surface area contributed by atoms with Crippen LogP contribution in [0.1, 0.15) is 24.2 Å². The van der Waals surface area contributed by atoms with Crippen LogP contribution in [-0.2, 0) is 19.1 Å². The summed E-state index contributed by atoms with van der Waals surface area (Å²) in [6.07, 6.45) is 1.16. The van der Waals surface area contributed by atoms with E-state index in [9.17, 15) is 14.4 Å². The standard InChI is InChI=1S/C15H16ClNO5/c1-4-22-15(20)11(9(2)18)8-17-12-7-5-6-10(13(12)16)14(19)21-3/h5-8,11H,4H2,1-3H3. The van der Waals surface area contributed by atoms with Gasteiger partial charge in [0.15, 0.2) is 5.92 Å². The zero-order chi connectivity index (χ0) is 16.7. The Bertz CT molecular complexity index is 612. The molecule has 0 heterocycles. The van der Waals surface area contributed by atoms with Crippen LogP contribution in [0.2, 0.25) is 5.02 Å². The van der Waals surface area contributed by atoms with E-state index in [1.807, 2.05) is 0 Å². The molecule has 0 spiro atoms. The summed E-state index contributed by atoms with van der Waals surface area (Å²) in [4.78, 5) is 38.7. The van der Waals surface area contributed by atoms with Crippen molar-refractivity contribution in [3.63, 3.8) is 0 Å². The number of ketones is 1. The van der Waals surface area contributed by atoms with E-state index in [1.165, 1.54) is 20.1 Å². The van der Waals surface area contributed by atoms with Crippen molar-refractivity contribution in [3.05, 3.63) is 28.8 Å². The molecule has 0 aliphatic carbocycles. The largest absolute Gasteiger partial charge is 0.465 e. The smallest absolute Gasteiger partial charge is 0.339 e. The lowest BCUT2D eigenvalue weighted by Gasteiger charge is -2.08. The molecule has 1 rings (SSSR count). The molecule has 1 aromatic carbocycles. The Kier molecular flexibility index (Phi) is 6.72. The fourth-order valence-corrected chi connectivity index (χ4v) is 1.86. The topological polar surface area (TPSA) is 82.0 Å². The molecular formula is C15H16ClNO5. The second kappa shape index (κ2) is 8.29. The maximum atomic E-state index is 11.7. The highest BCUT2D eigenvalue weighted by molar-refractivity contribution is 6.36. The highest BCUT2D eigenvalue weighted by Gasteiger charge is 2.23. The number of carbonyl (C=O) groups is 3. The van der Waals surface area contributed by atoms with E-state index in [-0.39, 0.29) is 22.9 Å². The van der Waals surface area contributed by atoms with Crippen LogP contribution in [0.4, 0.5) is 5.69 Å². The van der Waals surface area contributed by atoms with Crippen molar-refractivity contribution in [1.29, 1.82) is 0 Å². The van der Waals surface area contributed by atoms with Gasteiger partial charge in [0, 0.05) is 6.21 Å². The van der Waals surface area contributed by atoms with Crippen molar-refractivity contribution >= 4 is 41.2 Å². The van der Waals surface area contributed by atoms with Crippen molar-refractivity contribution in [2.24, 2.45) is 10.9 Å². The quantitative estimate of drug-likeness (QED) is 0.456. The second-order valence-electron chi connectivity index (χ2n) is 4.25. The van der Waals surface area contributed by atoms with Crippen LogP contribution in [0.3, 0.4) is 0 Å². The Hall–Kier alpha value is -2.21. The monoisotopic (exact) mass is 325 g/mol. The molecule has 22 heavy (non-hydrogen) atoms. The first-order valence-corrected chi connectivity index (χ1v) is 6.88. The van der Waals surface area contributed by atoms with E-state index >= 15 is 0 Å². The lowest BCUT2D eigenvalue weighted by Crippen LogP contribution is -2.25. The van der Waals surface area contributed by atoms with E-state index in [4.69, 9.17) is 16.3 Å². The fraction of sp³-hybridized carbons (Fsp3) is 0.333. The second-order valence-corrected chi connectivity index (χ2v) is 4.63. The molecule has 1 unspecified atom stereocenters. The first kappa shape index (κ1) is 17.8. The predicted molar refractivity (Wildman–Crippen MR) is 81.7 cm³/mol. The summed E-state index contributed by atoms with van der Waals surface area (Å²) in [5.41, 5.74) is 0.398. The van der Waals surface area contributed by atoms with Gasteiger partial charge in [-0.1, -0.05) is 17.7 Å². The van der Waals surface area contributed by atoms with E-state index in [2.05, 4.69) is 9.73 Å². The molecule has 0 fully saturated rings. The first-order chi connectivity index (χ1) is 10.4. The van der Waals surface area contributed by atoms with E-state index in [0.717, 1.165) is 6.21 Å². The van der Waals surface area contributed by atoms with Gasteiger partial charge < -0.3 is 9.47 Å². The molecule has 0 aliphatic rings. The van der Waals surface area contributed by atoms with Gasteiger partial charge in [-0.2, -0.15) is 0 Å². The van der Waals surface area contributed by atoms with Gasteiger partial charge in [-0.25, -0.2) is 4.79 Å². The lowest BCUT2D eigenvalue weighted by atomic mass is 10.1. The summed E-state index contributed by atoms with van der Waals surface area (Å²) in [7, 11) is 1.24. The van der Waals surface area contributed by atoms with Crippen LogP contribution in [0.25, 0.3) is 0 Å². The Balaban J connectivity index is 3.09. The lowest BCUT2D eigenvalue weighted by molar-refractivity contribution is -0.148. The van der Waals surface area contributed by atoms with Crippen molar-refractivity contribution < 1.29 is 23.9 Å². The number of halogens is 1. The third kappa shape index (κ3) is 4.39. The highest BCUT2D eigenvalue weighted by atomic mass is 35.5. The zero-order valence-electron chi connectivity index (χ0n) is 12.5. The molecule has 0 radical (unpaired) electrons. The number of ether oxygens (including phenoxy) is 2. The number of nitrogens with zero attached hydrogens (tertiary/aromatic N) is 1. The molecule has 118 valence electrons. The molecule has 1 atom stereocenters. The Morgan fingerprint density at radius 3 is 2.59 bits per heavy atom. The van der Waals surface area contributed by atoms with Crippen LogP contribution in [0, 0.1) is 5.92 Å². The van der Waals surface area contributed by atoms with Crippen molar-refractivity contribution in [2.45, 2.75) is 13.8 Å².